The Morgan fingerprint density at radius 2 is 2.17 bits per heavy atom. The summed E-state index contributed by atoms with van der Waals surface area (Å²) in [6, 6.07) is 3.49. The van der Waals surface area contributed by atoms with Crippen LogP contribution in [-0.2, 0) is 4.74 Å². The summed E-state index contributed by atoms with van der Waals surface area (Å²) in [5.41, 5.74) is 0.325. The number of carbonyl (C=O) groups excluding carboxylic acids is 1. The van der Waals surface area contributed by atoms with E-state index < -0.39 is 0 Å². The van der Waals surface area contributed by atoms with E-state index in [1.165, 1.54) is 0 Å². The third kappa shape index (κ3) is 5.09. The summed E-state index contributed by atoms with van der Waals surface area (Å²) in [6.07, 6.45) is 0.897. The van der Waals surface area contributed by atoms with Crippen molar-refractivity contribution in [1.82, 2.24) is 15.5 Å². The highest BCUT2D eigenvalue weighted by Crippen LogP contribution is 2.02. The fourth-order valence-electron chi connectivity index (χ4n) is 1.32. The summed E-state index contributed by atoms with van der Waals surface area (Å²) in [6.45, 7) is 5.27. The van der Waals surface area contributed by atoms with Gasteiger partial charge in [0, 0.05) is 26.3 Å². The number of rotatable bonds is 7. The Kier molecular flexibility index (Phi) is 6.07. The number of methoxy groups -OCH3 is 1. The molecule has 1 heterocycles. The zero-order valence-electron chi connectivity index (χ0n) is 11.1. The van der Waals surface area contributed by atoms with Crippen molar-refractivity contribution in [1.29, 1.82) is 0 Å². The molecule has 100 valence electrons. The fraction of sp³-hybridized carbons (Fsp3) is 0.583. The van der Waals surface area contributed by atoms with Crippen LogP contribution in [0.1, 0.15) is 30.8 Å². The van der Waals surface area contributed by atoms with Gasteiger partial charge in [-0.15, -0.1) is 10.2 Å². The molecule has 0 radical (unpaired) electrons. The molecule has 2 N–H and O–H groups in total. The summed E-state index contributed by atoms with van der Waals surface area (Å²) >= 11 is 0. The number of aromatic nitrogens is 2. The van der Waals surface area contributed by atoms with Crippen molar-refractivity contribution in [3.63, 3.8) is 0 Å². The Morgan fingerprint density at radius 1 is 1.39 bits per heavy atom. The lowest BCUT2D eigenvalue weighted by Crippen LogP contribution is -2.30. The standard InChI is InChI=1S/C12H20N4O2/c1-9(2)14-12(17)10-5-6-11(16-15-10)13-7-4-8-18-3/h5-6,9H,4,7-8H2,1-3H3,(H,13,16)(H,14,17). The first-order valence-electron chi connectivity index (χ1n) is 6.01. The summed E-state index contributed by atoms with van der Waals surface area (Å²) in [5.74, 6) is 0.454. The van der Waals surface area contributed by atoms with Gasteiger partial charge in [0.1, 0.15) is 5.82 Å². The zero-order chi connectivity index (χ0) is 13.4. The average Bonchev–Trinajstić information content (AvgIpc) is 2.34. The van der Waals surface area contributed by atoms with Crippen LogP contribution in [0.25, 0.3) is 0 Å². The van der Waals surface area contributed by atoms with Crippen LogP contribution in [0.5, 0.6) is 0 Å². The Balaban J connectivity index is 2.44. The highest BCUT2D eigenvalue weighted by molar-refractivity contribution is 5.92. The third-order valence-electron chi connectivity index (χ3n) is 2.15. The molecule has 0 fully saturated rings. The van der Waals surface area contributed by atoms with Crippen LogP contribution in [0.4, 0.5) is 5.82 Å². The number of nitrogens with one attached hydrogen (secondary N) is 2. The molecule has 1 aromatic heterocycles. The normalized spacial score (nSPS) is 10.4. The highest BCUT2D eigenvalue weighted by Gasteiger charge is 2.08. The second-order valence-electron chi connectivity index (χ2n) is 4.21. The van der Waals surface area contributed by atoms with Gasteiger partial charge in [0.15, 0.2) is 5.69 Å². The lowest BCUT2D eigenvalue weighted by molar-refractivity contribution is 0.0937. The van der Waals surface area contributed by atoms with Crippen molar-refractivity contribution in [2.24, 2.45) is 0 Å². The van der Waals surface area contributed by atoms with Crippen LogP contribution in [0.3, 0.4) is 0 Å². The molecule has 1 rings (SSSR count). The van der Waals surface area contributed by atoms with E-state index in [1.54, 1.807) is 19.2 Å². The molecular formula is C12H20N4O2. The van der Waals surface area contributed by atoms with Crippen LogP contribution in [0, 0.1) is 0 Å². The molecule has 1 aromatic rings. The van der Waals surface area contributed by atoms with E-state index >= 15 is 0 Å². The maximum atomic E-state index is 11.6. The lowest BCUT2D eigenvalue weighted by atomic mass is 10.3. The topological polar surface area (TPSA) is 76.1 Å². The van der Waals surface area contributed by atoms with Crippen molar-refractivity contribution in [2.45, 2.75) is 26.3 Å². The van der Waals surface area contributed by atoms with E-state index in [1.807, 2.05) is 13.8 Å². The quantitative estimate of drug-likeness (QED) is 0.710. The molecule has 0 saturated carbocycles. The number of ether oxygens (including phenoxy) is 1. The van der Waals surface area contributed by atoms with E-state index in [-0.39, 0.29) is 11.9 Å². The van der Waals surface area contributed by atoms with Gasteiger partial charge in [0.25, 0.3) is 5.91 Å². The first-order valence-corrected chi connectivity index (χ1v) is 6.01. The third-order valence-corrected chi connectivity index (χ3v) is 2.15. The van der Waals surface area contributed by atoms with E-state index in [2.05, 4.69) is 20.8 Å². The maximum Gasteiger partial charge on any atom is 0.271 e. The van der Waals surface area contributed by atoms with Gasteiger partial charge in [0.05, 0.1) is 0 Å². The molecule has 0 aliphatic rings. The number of carbonyl (C=O) groups is 1. The lowest BCUT2D eigenvalue weighted by Gasteiger charge is -2.08. The molecule has 1 amide bonds. The van der Waals surface area contributed by atoms with Gasteiger partial charge in [-0.05, 0) is 32.4 Å². The molecule has 0 bridgehead atoms. The van der Waals surface area contributed by atoms with Crippen molar-refractivity contribution in [2.75, 3.05) is 25.6 Å². The maximum absolute atomic E-state index is 11.6. The number of anilines is 1. The Morgan fingerprint density at radius 3 is 2.72 bits per heavy atom. The van der Waals surface area contributed by atoms with E-state index in [4.69, 9.17) is 4.74 Å². The minimum Gasteiger partial charge on any atom is -0.385 e. The number of hydrogen-bond donors (Lipinski definition) is 2. The van der Waals surface area contributed by atoms with E-state index in [9.17, 15) is 4.79 Å². The molecular weight excluding hydrogens is 232 g/mol. The average molecular weight is 252 g/mol. The molecule has 0 spiro atoms. The summed E-state index contributed by atoms with van der Waals surface area (Å²) in [7, 11) is 1.67. The van der Waals surface area contributed by atoms with E-state index in [0.717, 1.165) is 13.0 Å². The van der Waals surface area contributed by atoms with Gasteiger partial charge in [-0.3, -0.25) is 4.79 Å². The minimum atomic E-state index is -0.205. The molecule has 0 unspecified atom stereocenters. The number of amides is 1. The minimum absolute atomic E-state index is 0.0890. The molecule has 18 heavy (non-hydrogen) atoms. The number of nitrogens with zero attached hydrogens (tertiary/aromatic N) is 2. The molecule has 0 aliphatic carbocycles. The van der Waals surface area contributed by atoms with E-state index in [0.29, 0.717) is 18.1 Å². The van der Waals surface area contributed by atoms with Crippen molar-refractivity contribution in [3.05, 3.63) is 17.8 Å². The van der Waals surface area contributed by atoms with Gasteiger partial charge in [-0.2, -0.15) is 0 Å². The predicted octanol–water partition coefficient (Wildman–Crippen LogP) is 1.06. The van der Waals surface area contributed by atoms with Gasteiger partial charge >= 0.3 is 0 Å². The monoisotopic (exact) mass is 252 g/mol. The van der Waals surface area contributed by atoms with Gasteiger partial charge in [-0.1, -0.05) is 0 Å². The van der Waals surface area contributed by atoms with Crippen molar-refractivity contribution >= 4 is 11.7 Å². The molecule has 0 atom stereocenters. The van der Waals surface area contributed by atoms with Crippen molar-refractivity contribution < 1.29 is 9.53 Å². The summed E-state index contributed by atoms with van der Waals surface area (Å²) < 4.78 is 4.94. The zero-order valence-corrected chi connectivity index (χ0v) is 11.1. The first-order chi connectivity index (χ1) is 8.63. The van der Waals surface area contributed by atoms with Crippen LogP contribution >= 0.6 is 0 Å². The molecule has 0 aliphatic heterocycles. The van der Waals surface area contributed by atoms with Crippen LogP contribution in [0.2, 0.25) is 0 Å². The molecule has 0 saturated heterocycles. The highest BCUT2D eigenvalue weighted by atomic mass is 16.5. The Hall–Kier alpha value is -1.69. The van der Waals surface area contributed by atoms with Crippen LogP contribution in [0.15, 0.2) is 12.1 Å². The summed E-state index contributed by atoms with van der Waals surface area (Å²) in [5, 5.41) is 13.7. The second kappa shape index (κ2) is 7.60. The predicted molar refractivity (Wildman–Crippen MR) is 69.6 cm³/mol. The Bertz CT molecular complexity index is 365. The SMILES string of the molecule is COCCCNc1ccc(C(=O)NC(C)C)nn1. The summed E-state index contributed by atoms with van der Waals surface area (Å²) in [4.78, 5) is 11.6. The van der Waals surface area contributed by atoms with Crippen LogP contribution < -0.4 is 10.6 Å². The number of hydrogen-bond acceptors (Lipinski definition) is 5. The van der Waals surface area contributed by atoms with Crippen LogP contribution in [-0.4, -0.2) is 42.4 Å². The molecule has 6 nitrogen and oxygen atoms in total. The van der Waals surface area contributed by atoms with Gasteiger partial charge in [0.2, 0.25) is 0 Å². The fourth-order valence-corrected chi connectivity index (χ4v) is 1.32. The molecule has 0 aromatic carbocycles. The van der Waals surface area contributed by atoms with Gasteiger partial charge in [-0.25, -0.2) is 0 Å². The second-order valence-corrected chi connectivity index (χ2v) is 4.21. The first kappa shape index (κ1) is 14.4. The smallest absolute Gasteiger partial charge is 0.271 e. The van der Waals surface area contributed by atoms with Crippen molar-refractivity contribution in [3.8, 4) is 0 Å². The molecule has 6 heteroatoms. The van der Waals surface area contributed by atoms with Gasteiger partial charge < -0.3 is 15.4 Å². The Labute approximate surface area is 107 Å². The largest absolute Gasteiger partial charge is 0.385 e.